The number of rotatable bonds is 5. The molecule has 6 heteroatoms. The molecule has 0 bridgehead atoms. The maximum atomic E-state index is 12.4. The van der Waals surface area contributed by atoms with E-state index in [4.69, 9.17) is 4.74 Å². The molecule has 0 spiro atoms. The standard InChI is InChI=1S/C19H20N2O4/c1-25-15-8-6-13(7-9-15)11-21-12-14(10-18(21)23)19(24)20-16-4-2-3-5-17(16)22/h2-9,14,22H,10-12H2,1H3,(H,20,24). The van der Waals surface area contributed by atoms with Crippen LogP contribution in [-0.4, -0.2) is 35.5 Å². The second-order valence-electron chi connectivity index (χ2n) is 6.03. The molecule has 1 fully saturated rings. The topological polar surface area (TPSA) is 78.9 Å². The van der Waals surface area contributed by atoms with E-state index in [9.17, 15) is 14.7 Å². The molecule has 6 nitrogen and oxygen atoms in total. The number of ether oxygens (including phenoxy) is 1. The minimum absolute atomic E-state index is 0.00950. The number of carbonyl (C=O) groups excluding carboxylic acids is 2. The number of methoxy groups -OCH3 is 1. The lowest BCUT2D eigenvalue weighted by molar-refractivity contribution is -0.128. The molecule has 2 aromatic rings. The second kappa shape index (κ2) is 7.25. The number of amides is 2. The van der Waals surface area contributed by atoms with E-state index < -0.39 is 5.92 Å². The van der Waals surface area contributed by atoms with Gasteiger partial charge in [-0.3, -0.25) is 9.59 Å². The van der Waals surface area contributed by atoms with Crippen LogP contribution in [0.15, 0.2) is 48.5 Å². The number of hydrogen-bond acceptors (Lipinski definition) is 4. The van der Waals surface area contributed by atoms with Gasteiger partial charge in [0.15, 0.2) is 0 Å². The van der Waals surface area contributed by atoms with E-state index in [1.165, 1.54) is 6.07 Å². The first-order valence-corrected chi connectivity index (χ1v) is 8.06. The molecule has 1 heterocycles. The number of phenolic OH excluding ortho intramolecular Hbond substituents is 1. The molecule has 1 atom stereocenters. The Balaban J connectivity index is 1.61. The number of nitrogens with one attached hydrogen (secondary N) is 1. The molecule has 1 aliphatic heterocycles. The van der Waals surface area contributed by atoms with E-state index in [1.54, 1.807) is 30.2 Å². The van der Waals surface area contributed by atoms with Gasteiger partial charge in [-0.05, 0) is 29.8 Å². The van der Waals surface area contributed by atoms with E-state index in [0.29, 0.717) is 18.8 Å². The largest absolute Gasteiger partial charge is 0.506 e. The third-order valence-corrected chi connectivity index (χ3v) is 4.28. The van der Waals surface area contributed by atoms with E-state index in [-0.39, 0.29) is 24.0 Å². The maximum absolute atomic E-state index is 12.4. The van der Waals surface area contributed by atoms with Crippen LogP contribution in [0.5, 0.6) is 11.5 Å². The van der Waals surface area contributed by atoms with Gasteiger partial charge in [0.2, 0.25) is 11.8 Å². The quantitative estimate of drug-likeness (QED) is 0.819. The summed E-state index contributed by atoms with van der Waals surface area (Å²) in [6, 6.07) is 14.0. The van der Waals surface area contributed by atoms with Crippen LogP contribution in [0.2, 0.25) is 0 Å². The summed E-state index contributed by atoms with van der Waals surface area (Å²) in [6.45, 7) is 0.827. The van der Waals surface area contributed by atoms with E-state index >= 15 is 0 Å². The highest BCUT2D eigenvalue weighted by molar-refractivity contribution is 5.98. The van der Waals surface area contributed by atoms with Crippen molar-refractivity contribution in [2.75, 3.05) is 19.0 Å². The number of anilines is 1. The summed E-state index contributed by atoms with van der Waals surface area (Å²) in [6.07, 6.45) is 0.176. The fourth-order valence-corrected chi connectivity index (χ4v) is 2.87. The van der Waals surface area contributed by atoms with Crippen LogP contribution in [0.4, 0.5) is 5.69 Å². The molecule has 0 aliphatic carbocycles. The van der Waals surface area contributed by atoms with Gasteiger partial charge in [-0.2, -0.15) is 0 Å². The van der Waals surface area contributed by atoms with Crippen LogP contribution in [0.25, 0.3) is 0 Å². The minimum Gasteiger partial charge on any atom is -0.506 e. The molecular formula is C19H20N2O4. The third-order valence-electron chi connectivity index (χ3n) is 4.28. The van der Waals surface area contributed by atoms with Crippen LogP contribution < -0.4 is 10.1 Å². The summed E-state index contributed by atoms with van der Waals surface area (Å²) in [5.41, 5.74) is 1.34. The van der Waals surface area contributed by atoms with Gasteiger partial charge < -0.3 is 20.1 Å². The van der Waals surface area contributed by atoms with Crippen molar-refractivity contribution in [3.05, 3.63) is 54.1 Å². The van der Waals surface area contributed by atoms with Gasteiger partial charge in [0, 0.05) is 19.5 Å². The summed E-state index contributed by atoms with van der Waals surface area (Å²) >= 11 is 0. The Labute approximate surface area is 146 Å². The molecule has 3 rings (SSSR count). The molecule has 2 amide bonds. The predicted molar refractivity (Wildman–Crippen MR) is 93.3 cm³/mol. The van der Waals surface area contributed by atoms with Gasteiger partial charge in [0.25, 0.3) is 0 Å². The Hall–Kier alpha value is -3.02. The normalized spacial score (nSPS) is 16.8. The van der Waals surface area contributed by atoms with Crippen molar-refractivity contribution in [3.63, 3.8) is 0 Å². The molecule has 25 heavy (non-hydrogen) atoms. The number of hydrogen-bond donors (Lipinski definition) is 2. The highest BCUT2D eigenvalue weighted by Crippen LogP contribution is 2.26. The number of para-hydroxylation sites is 2. The number of nitrogens with zero attached hydrogens (tertiary/aromatic N) is 1. The number of phenols is 1. The molecule has 0 aromatic heterocycles. The summed E-state index contributed by atoms with van der Waals surface area (Å²) in [5.74, 6) is 0.0392. The zero-order valence-electron chi connectivity index (χ0n) is 13.9. The molecule has 130 valence electrons. The van der Waals surface area contributed by atoms with Gasteiger partial charge in [-0.15, -0.1) is 0 Å². The number of aromatic hydroxyl groups is 1. The lowest BCUT2D eigenvalue weighted by atomic mass is 10.1. The molecule has 1 unspecified atom stereocenters. The van der Waals surface area contributed by atoms with Crippen LogP contribution in [0, 0.1) is 5.92 Å². The molecule has 2 N–H and O–H groups in total. The Bertz CT molecular complexity index is 773. The van der Waals surface area contributed by atoms with Crippen LogP contribution in [-0.2, 0) is 16.1 Å². The predicted octanol–water partition coefficient (Wildman–Crippen LogP) is 2.39. The fraction of sp³-hybridized carbons (Fsp3) is 0.263. The van der Waals surface area contributed by atoms with Crippen molar-refractivity contribution in [2.24, 2.45) is 5.92 Å². The Kier molecular flexibility index (Phi) is 4.88. The summed E-state index contributed by atoms with van der Waals surface area (Å²) in [7, 11) is 1.60. The van der Waals surface area contributed by atoms with Crippen molar-refractivity contribution in [1.82, 2.24) is 4.90 Å². The highest BCUT2D eigenvalue weighted by atomic mass is 16.5. The van der Waals surface area contributed by atoms with Crippen molar-refractivity contribution >= 4 is 17.5 Å². The van der Waals surface area contributed by atoms with Crippen molar-refractivity contribution in [1.29, 1.82) is 0 Å². The average molecular weight is 340 g/mol. The second-order valence-corrected chi connectivity index (χ2v) is 6.03. The molecular weight excluding hydrogens is 320 g/mol. The average Bonchev–Trinajstić information content (AvgIpc) is 2.98. The zero-order valence-corrected chi connectivity index (χ0v) is 13.9. The van der Waals surface area contributed by atoms with Gasteiger partial charge >= 0.3 is 0 Å². The van der Waals surface area contributed by atoms with Crippen LogP contribution in [0.1, 0.15) is 12.0 Å². The van der Waals surface area contributed by atoms with Crippen molar-refractivity contribution in [2.45, 2.75) is 13.0 Å². The molecule has 0 saturated carbocycles. The summed E-state index contributed by atoms with van der Waals surface area (Å²) < 4.78 is 5.12. The van der Waals surface area contributed by atoms with Crippen LogP contribution >= 0.6 is 0 Å². The zero-order chi connectivity index (χ0) is 17.8. The lowest BCUT2D eigenvalue weighted by Crippen LogP contribution is -2.28. The molecule has 0 radical (unpaired) electrons. The fourth-order valence-electron chi connectivity index (χ4n) is 2.87. The molecule has 2 aromatic carbocycles. The number of carbonyl (C=O) groups is 2. The number of benzene rings is 2. The summed E-state index contributed by atoms with van der Waals surface area (Å²) in [5, 5.41) is 12.4. The first-order valence-electron chi connectivity index (χ1n) is 8.06. The van der Waals surface area contributed by atoms with Gasteiger partial charge in [-0.1, -0.05) is 24.3 Å². The smallest absolute Gasteiger partial charge is 0.229 e. The van der Waals surface area contributed by atoms with Gasteiger partial charge in [-0.25, -0.2) is 0 Å². The van der Waals surface area contributed by atoms with E-state index in [2.05, 4.69) is 5.32 Å². The van der Waals surface area contributed by atoms with Crippen LogP contribution in [0.3, 0.4) is 0 Å². The van der Waals surface area contributed by atoms with Gasteiger partial charge in [0.1, 0.15) is 11.5 Å². The maximum Gasteiger partial charge on any atom is 0.229 e. The summed E-state index contributed by atoms with van der Waals surface area (Å²) in [4.78, 5) is 26.3. The minimum atomic E-state index is -0.426. The van der Waals surface area contributed by atoms with Crippen molar-refractivity contribution in [3.8, 4) is 11.5 Å². The SMILES string of the molecule is COc1ccc(CN2CC(C(=O)Nc3ccccc3O)CC2=O)cc1. The Morgan fingerprint density at radius 3 is 2.64 bits per heavy atom. The molecule has 1 aliphatic rings. The lowest BCUT2D eigenvalue weighted by Gasteiger charge is -2.17. The first kappa shape index (κ1) is 16.8. The Morgan fingerprint density at radius 1 is 1.24 bits per heavy atom. The molecule has 1 saturated heterocycles. The number of likely N-dealkylation sites (tertiary alicyclic amines) is 1. The third kappa shape index (κ3) is 3.91. The van der Waals surface area contributed by atoms with E-state index in [1.807, 2.05) is 24.3 Å². The first-order chi connectivity index (χ1) is 12.1. The van der Waals surface area contributed by atoms with Crippen molar-refractivity contribution < 1.29 is 19.4 Å². The monoisotopic (exact) mass is 340 g/mol. The van der Waals surface area contributed by atoms with Gasteiger partial charge in [0.05, 0.1) is 18.7 Å². The Morgan fingerprint density at radius 2 is 1.96 bits per heavy atom. The highest BCUT2D eigenvalue weighted by Gasteiger charge is 2.34. The van der Waals surface area contributed by atoms with E-state index in [0.717, 1.165) is 11.3 Å².